The first-order valence-corrected chi connectivity index (χ1v) is 16.3. The van der Waals surface area contributed by atoms with Crippen molar-refractivity contribution < 1.29 is 9.53 Å². The Morgan fingerprint density at radius 2 is 2.09 bits per heavy atom. The van der Waals surface area contributed by atoms with E-state index in [4.69, 9.17) is 32.9 Å². The normalized spacial score (nSPS) is 19.2. The van der Waals surface area contributed by atoms with E-state index in [1.807, 2.05) is 30.6 Å². The minimum Gasteiger partial charge on any atom is -0.462 e. The Balaban J connectivity index is 1.29. The number of carbonyl (C=O) groups is 1. The highest BCUT2D eigenvalue weighted by molar-refractivity contribution is 6.36. The number of carbonyl (C=O) groups excluding carboxylic acids is 1. The minimum absolute atomic E-state index is 0.143. The molecule has 0 N–H and O–H groups in total. The van der Waals surface area contributed by atoms with Crippen molar-refractivity contribution in [2.24, 2.45) is 5.92 Å². The number of benzene rings is 1. The minimum atomic E-state index is -0.248. The van der Waals surface area contributed by atoms with Crippen molar-refractivity contribution in [2.45, 2.75) is 51.2 Å². The van der Waals surface area contributed by atoms with E-state index in [-0.39, 0.29) is 18.5 Å². The van der Waals surface area contributed by atoms with E-state index in [9.17, 15) is 4.79 Å². The van der Waals surface area contributed by atoms with Crippen LogP contribution in [-0.4, -0.2) is 95.7 Å². The summed E-state index contributed by atoms with van der Waals surface area (Å²) in [6.07, 6.45) is 9.71. The van der Waals surface area contributed by atoms with Gasteiger partial charge in [-0.15, -0.1) is 0 Å². The van der Waals surface area contributed by atoms with E-state index in [0.717, 1.165) is 59.0 Å². The van der Waals surface area contributed by atoms with Gasteiger partial charge in [0.15, 0.2) is 0 Å². The molecule has 45 heavy (non-hydrogen) atoms. The maximum atomic E-state index is 12.6. The molecule has 1 aromatic carbocycles. The van der Waals surface area contributed by atoms with Gasteiger partial charge in [0.25, 0.3) is 0 Å². The van der Waals surface area contributed by atoms with Crippen molar-refractivity contribution in [1.82, 2.24) is 24.8 Å². The Kier molecular flexibility index (Phi) is 9.38. The zero-order chi connectivity index (χ0) is 31.5. The highest BCUT2D eigenvalue weighted by Gasteiger charge is 2.35. The molecule has 2 aliphatic heterocycles. The third kappa shape index (κ3) is 6.42. The van der Waals surface area contributed by atoms with Crippen molar-refractivity contribution in [3.8, 4) is 6.01 Å². The topological polar surface area (TPSA) is 82.3 Å². The van der Waals surface area contributed by atoms with Gasteiger partial charge in [-0.2, -0.15) is 9.97 Å². The van der Waals surface area contributed by atoms with E-state index in [1.165, 1.54) is 25.3 Å². The van der Waals surface area contributed by atoms with E-state index < -0.39 is 0 Å². The molecule has 236 valence electrons. The lowest BCUT2D eigenvalue weighted by atomic mass is 9.80. The summed E-state index contributed by atoms with van der Waals surface area (Å²) >= 11 is 6.69. The third-order valence-corrected chi connectivity index (χ3v) is 10.1. The molecule has 3 aromatic rings. The monoisotopic (exact) mass is 628 g/mol. The van der Waals surface area contributed by atoms with Gasteiger partial charge < -0.3 is 29.2 Å². The summed E-state index contributed by atoms with van der Waals surface area (Å²) in [6, 6.07) is 6.51. The lowest BCUT2D eigenvalue weighted by Gasteiger charge is -2.41. The molecule has 2 atom stereocenters. The van der Waals surface area contributed by atoms with Crippen LogP contribution in [0.25, 0.3) is 15.6 Å². The lowest BCUT2D eigenvalue weighted by molar-refractivity contribution is -0.128. The SMILES string of the molecule is [C-]#[N+]C[C@H]1CN(c2nc(OCCN(C)[C@H](C)C3CCC3)nc3c2CCN(c2cncc4cccc(Cl)c24)C3)CCN1C(=O)C=C. The number of piperazine rings is 1. The van der Waals surface area contributed by atoms with Crippen LogP contribution in [0.15, 0.2) is 43.2 Å². The number of pyridine rings is 1. The molecule has 0 spiro atoms. The zero-order valence-electron chi connectivity index (χ0n) is 26.2. The summed E-state index contributed by atoms with van der Waals surface area (Å²) in [5.41, 5.74) is 2.97. The van der Waals surface area contributed by atoms with Crippen molar-refractivity contribution in [2.75, 3.05) is 62.7 Å². The second-order valence-electron chi connectivity index (χ2n) is 12.4. The Bertz CT molecular complexity index is 1600. The molecule has 1 saturated heterocycles. The van der Waals surface area contributed by atoms with Gasteiger partial charge in [0.05, 0.1) is 29.1 Å². The van der Waals surface area contributed by atoms with Gasteiger partial charge in [-0.05, 0) is 51.3 Å². The first-order valence-electron chi connectivity index (χ1n) is 15.9. The average Bonchev–Trinajstić information content (AvgIpc) is 3.03. The number of hydrogen-bond acceptors (Lipinski definition) is 8. The van der Waals surface area contributed by atoms with E-state index in [2.05, 4.69) is 45.1 Å². The molecule has 1 saturated carbocycles. The molecule has 0 radical (unpaired) electrons. The van der Waals surface area contributed by atoms with Gasteiger partial charge in [-0.3, -0.25) is 9.78 Å². The van der Waals surface area contributed by atoms with Gasteiger partial charge >= 0.3 is 6.01 Å². The van der Waals surface area contributed by atoms with E-state index in [1.54, 1.807) is 4.90 Å². The summed E-state index contributed by atoms with van der Waals surface area (Å²) in [6.45, 7) is 17.9. The van der Waals surface area contributed by atoms with E-state index in [0.29, 0.717) is 49.9 Å². The Morgan fingerprint density at radius 1 is 1.24 bits per heavy atom. The number of likely N-dealkylation sites (N-methyl/N-ethyl adjacent to an activating group) is 1. The Hall–Kier alpha value is -3.94. The summed E-state index contributed by atoms with van der Waals surface area (Å²) in [5.74, 6) is 1.45. The highest BCUT2D eigenvalue weighted by Crippen LogP contribution is 2.37. The predicted molar refractivity (Wildman–Crippen MR) is 178 cm³/mol. The predicted octanol–water partition coefficient (Wildman–Crippen LogP) is 4.86. The van der Waals surface area contributed by atoms with E-state index >= 15 is 0 Å². The molecule has 2 aromatic heterocycles. The maximum absolute atomic E-state index is 12.6. The van der Waals surface area contributed by atoms with Crippen LogP contribution >= 0.6 is 11.6 Å². The first kappa shape index (κ1) is 31.1. The Morgan fingerprint density at radius 3 is 2.84 bits per heavy atom. The molecule has 11 heteroatoms. The van der Waals surface area contributed by atoms with Gasteiger partial charge in [0.2, 0.25) is 12.5 Å². The molecule has 10 nitrogen and oxygen atoms in total. The van der Waals surface area contributed by atoms with Crippen molar-refractivity contribution in [1.29, 1.82) is 0 Å². The number of rotatable bonds is 10. The number of fused-ring (bicyclic) bond motifs is 2. The molecule has 0 unspecified atom stereocenters. The van der Waals surface area contributed by atoms with Crippen LogP contribution in [0.2, 0.25) is 5.02 Å². The average molecular weight is 629 g/mol. The molecule has 2 fully saturated rings. The van der Waals surface area contributed by atoms with Crippen LogP contribution in [0.5, 0.6) is 6.01 Å². The fourth-order valence-electron chi connectivity index (χ4n) is 6.81. The fourth-order valence-corrected chi connectivity index (χ4v) is 7.09. The molecule has 3 aliphatic rings. The Labute approximate surface area is 270 Å². The molecular weight excluding hydrogens is 588 g/mol. The van der Waals surface area contributed by atoms with Crippen LogP contribution < -0.4 is 14.5 Å². The number of nitrogens with zero attached hydrogens (tertiary/aromatic N) is 8. The number of aromatic nitrogens is 3. The largest absolute Gasteiger partial charge is 0.462 e. The molecule has 4 heterocycles. The second kappa shape index (κ2) is 13.6. The number of halogens is 1. The van der Waals surface area contributed by atoms with Gasteiger partial charge in [-0.25, -0.2) is 6.57 Å². The van der Waals surface area contributed by atoms with Gasteiger partial charge in [-0.1, -0.05) is 36.7 Å². The van der Waals surface area contributed by atoms with Crippen LogP contribution in [0.3, 0.4) is 0 Å². The summed E-state index contributed by atoms with van der Waals surface area (Å²) < 4.78 is 6.27. The summed E-state index contributed by atoms with van der Waals surface area (Å²) in [4.78, 5) is 39.3. The van der Waals surface area contributed by atoms with Crippen LogP contribution in [-0.2, 0) is 17.8 Å². The number of ether oxygens (including phenoxy) is 1. The molecule has 1 aliphatic carbocycles. The maximum Gasteiger partial charge on any atom is 0.318 e. The fraction of sp³-hybridized carbons (Fsp3) is 0.500. The van der Waals surface area contributed by atoms with Crippen LogP contribution in [0.4, 0.5) is 11.5 Å². The van der Waals surface area contributed by atoms with Crippen molar-refractivity contribution in [3.05, 3.63) is 70.9 Å². The molecule has 6 rings (SSSR count). The quantitative estimate of drug-likeness (QED) is 0.233. The van der Waals surface area contributed by atoms with Crippen molar-refractivity contribution >= 4 is 39.8 Å². The molecular formula is C34H41ClN8O2. The highest BCUT2D eigenvalue weighted by atomic mass is 35.5. The molecule has 1 amide bonds. The smallest absolute Gasteiger partial charge is 0.318 e. The molecule has 0 bridgehead atoms. The number of amides is 1. The van der Waals surface area contributed by atoms with Gasteiger partial charge in [0, 0.05) is 61.3 Å². The van der Waals surface area contributed by atoms with Crippen molar-refractivity contribution in [3.63, 3.8) is 0 Å². The zero-order valence-corrected chi connectivity index (χ0v) is 26.9. The summed E-state index contributed by atoms with van der Waals surface area (Å²) in [7, 11) is 2.16. The first-order chi connectivity index (χ1) is 21.9. The van der Waals surface area contributed by atoms with Crippen LogP contribution in [0, 0.1) is 12.5 Å². The summed E-state index contributed by atoms with van der Waals surface area (Å²) in [5, 5.41) is 2.68. The standard InChI is InChI=1S/C34H41ClN8O2/c1-5-31(44)43-15-14-42(21-26(43)19-36-3)33-27-12-13-41(30-20-37-18-25-10-7-11-28(35)32(25)30)22-29(27)38-34(39-33)45-17-16-40(4)23(2)24-8-6-9-24/h5,7,10-11,18,20,23-24,26H,1,6,8-9,12-17,19,21-22H2,2,4H3/t23-,26+/m1/s1. The van der Waals surface area contributed by atoms with Crippen LogP contribution in [0.1, 0.15) is 37.4 Å². The number of hydrogen-bond donors (Lipinski definition) is 0. The second-order valence-corrected chi connectivity index (χ2v) is 12.8. The number of anilines is 2. The van der Waals surface area contributed by atoms with Gasteiger partial charge in [0.1, 0.15) is 18.5 Å². The third-order valence-electron chi connectivity index (χ3n) is 9.82. The lowest BCUT2D eigenvalue weighted by Crippen LogP contribution is -2.56.